The van der Waals surface area contributed by atoms with Crippen LogP contribution >= 0.6 is 49.6 Å². The molecule has 1 aliphatic rings. The lowest BCUT2D eigenvalue weighted by Crippen LogP contribution is -2.56. The summed E-state index contributed by atoms with van der Waals surface area (Å²) in [6.07, 6.45) is 1.90. The van der Waals surface area contributed by atoms with Gasteiger partial charge in [0.05, 0.1) is 6.04 Å². The summed E-state index contributed by atoms with van der Waals surface area (Å²) >= 11 is 0. The van der Waals surface area contributed by atoms with E-state index in [-0.39, 0.29) is 118 Å². The highest BCUT2D eigenvalue weighted by Crippen LogP contribution is 2.30. The first-order valence-electron chi connectivity index (χ1n) is 15.2. The number of phenolic OH excluding ortho intramolecular Hbond substituents is 2. The van der Waals surface area contributed by atoms with Gasteiger partial charge in [-0.1, -0.05) is 12.1 Å². The van der Waals surface area contributed by atoms with Gasteiger partial charge in [-0.15, -0.1) is 49.6 Å². The molecule has 1 aliphatic heterocycles. The standard InChI is InChI=1S/C31H46N8O6.4ClH/c32-10-1-3-22(34)17-37-28(42)9-12-36-30(44)25-16-21-14-19(6-8-27(21)41)18-5-7-26(40)20(13-18)15-23(35)29(43)38-24(4-2-11-33)31(45)39-25;;;;/h5-8,13-14,22-25,40-41H,1-4,9-12,15-17,32-35H2,(H,36,44)(H,37,42)(H,38,43)(H,39,45);4*1H/t22-,23-,24-,25-;;;;/m0..../s1. The number of amides is 4. The van der Waals surface area contributed by atoms with Crippen LogP contribution in [0, 0.1) is 0 Å². The Morgan fingerprint density at radius 2 is 1.41 bits per heavy atom. The van der Waals surface area contributed by atoms with Gasteiger partial charge < -0.3 is 54.4 Å². The maximum Gasteiger partial charge on any atom is 0.243 e. The molecule has 49 heavy (non-hydrogen) atoms. The molecule has 0 fully saturated rings. The minimum Gasteiger partial charge on any atom is -0.508 e. The highest BCUT2D eigenvalue weighted by Gasteiger charge is 2.29. The molecule has 3 rings (SSSR count). The Morgan fingerprint density at radius 1 is 0.837 bits per heavy atom. The molecule has 4 bridgehead atoms. The van der Waals surface area contributed by atoms with Gasteiger partial charge in [0.1, 0.15) is 23.6 Å². The second-order valence-electron chi connectivity index (χ2n) is 11.3. The monoisotopic (exact) mass is 770 g/mol. The fourth-order valence-corrected chi connectivity index (χ4v) is 5.00. The van der Waals surface area contributed by atoms with Gasteiger partial charge >= 0.3 is 0 Å². The maximum atomic E-state index is 13.5. The molecule has 0 unspecified atom stereocenters. The van der Waals surface area contributed by atoms with Crippen molar-refractivity contribution in [2.45, 2.75) is 69.1 Å². The molecule has 4 amide bonds. The average molecular weight is 773 g/mol. The van der Waals surface area contributed by atoms with Crippen molar-refractivity contribution in [3.8, 4) is 22.6 Å². The lowest BCUT2D eigenvalue weighted by Gasteiger charge is -2.24. The third-order valence-corrected chi connectivity index (χ3v) is 7.65. The Kier molecular flexibility index (Phi) is 23.7. The predicted molar refractivity (Wildman–Crippen MR) is 199 cm³/mol. The van der Waals surface area contributed by atoms with E-state index >= 15 is 0 Å². The number of carbonyl (C=O) groups is 4. The number of nitrogens with two attached hydrogens (primary N) is 4. The summed E-state index contributed by atoms with van der Waals surface area (Å²) < 4.78 is 0. The maximum absolute atomic E-state index is 13.5. The van der Waals surface area contributed by atoms with Gasteiger partial charge in [-0.05, 0) is 85.3 Å². The van der Waals surface area contributed by atoms with Crippen LogP contribution in [0.2, 0.25) is 0 Å². The summed E-state index contributed by atoms with van der Waals surface area (Å²) in [5.74, 6) is -2.26. The lowest BCUT2D eigenvalue weighted by atomic mass is 9.95. The minimum absolute atomic E-state index is 0. The Labute approximate surface area is 311 Å². The zero-order valence-corrected chi connectivity index (χ0v) is 30.3. The highest BCUT2D eigenvalue weighted by molar-refractivity contribution is 5.93. The Morgan fingerprint density at radius 3 is 1.98 bits per heavy atom. The van der Waals surface area contributed by atoms with Crippen molar-refractivity contribution in [2.24, 2.45) is 22.9 Å². The third kappa shape index (κ3) is 15.1. The van der Waals surface area contributed by atoms with Gasteiger partial charge in [-0.3, -0.25) is 19.2 Å². The molecular formula is C31H50Cl4N8O6. The second-order valence-corrected chi connectivity index (χ2v) is 11.3. The molecule has 0 spiro atoms. The number of rotatable bonds is 12. The van der Waals surface area contributed by atoms with Crippen LogP contribution in [0.3, 0.4) is 0 Å². The fraction of sp³-hybridized carbons (Fsp3) is 0.484. The Bertz CT molecular complexity index is 1360. The molecule has 14 nitrogen and oxygen atoms in total. The molecule has 0 aromatic heterocycles. The first-order chi connectivity index (χ1) is 21.5. The number of phenols is 2. The van der Waals surface area contributed by atoms with E-state index in [4.69, 9.17) is 22.9 Å². The van der Waals surface area contributed by atoms with Crippen LogP contribution in [-0.4, -0.2) is 84.2 Å². The molecule has 0 radical (unpaired) electrons. The summed E-state index contributed by atoms with van der Waals surface area (Å²) in [6, 6.07) is 6.20. The third-order valence-electron chi connectivity index (χ3n) is 7.65. The SMILES string of the molecule is Cl.Cl.Cl.Cl.NCCC[C@H](N)CNC(=O)CCNC(=O)[C@@H]1Cc2cc(ccc2O)-c2ccc(O)c(c2)C[C@H](N)C(=O)N[C@@H](CCCN)C(=O)N1. The average Bonchev–Trinajstić information content (AvgIpc) is 3.02. The molecule has 1 heterocycles. The van der Waals surface area contributed by atoms with E-state index in [0.29, 0.717) is 41.6 Å². The molecule has 0 saturated heterocycles. The molecule has 2 aromatic rings. The zero-order chi connectivity index (χ0) is 32.9. The Balaban J connectivity index is 0. The summed E-state index contributed by atoms with van der Waals surface area (Å²) in [5.41, 5.74) is 25.5. The van der Waals surface area contributed by atoms with Crippen molar-refractivity contribution in [1.82, 2.24) is 21.3 Å². The van der Waals surface area contributed by atoms with Crippen molar-refractivity contribution >= 4 is 73.3 Å². The first-order valence-corrected chi connectivity index (χ1v) is 15.2. The molecular weight excluding hydrogens is 722 g/mol. The molecule has 0 saturated carbocycles. The van der Waals surface area contributed by atoms with Gasteiger partial charge in [-0.25, -0.2) is 0 Å². The molecule has 18 heteroatoms. The van der Waals surface area contributed by atoms with E-state index in [1.165, 1.54) is 12.1 Å². The van der Waals surface area contributed by atoms with Crippen LogP contribution in [0.4, 0.5) is 0 Å². The number of fused-ring (bicyclic) bond motifs is 5. The second kappa shape index (κ2) is 24.1. The summed E-state index contributed by atoms with van der Waals surface area (Å²) in [6.45, 7) is 1.04. The lowest BCUT2D eigenvalue weighted by molar-refractivity contribution is -0.132. The van der Waals surface area contributed by atoms with Crippen molar-refractivity contribution < 1.29 is 29.4 Å². The topological polar surface area (TPSA) is 261 Å². The van der Waals surface area contributed by atoms with Crippen LogP contribution in [0.5, 0.6) is 11.5 Å². The predicted octanol–water partition coefficient (Wildman–Crippen LogP) is 0.275. The van der Waals surface area contributed by atoms with Gasteiger partial charge in [0, 0.05) is 38.4 Å². The smallest absolute Gasteiger partial charge is 0.243 e. The number of nitrogens with one attached hydrogen (secondary N) is 4. The molecule has 14 N–H and O–H groups in total. The van der Waals surface area contributed by atoms with E-state index in [0.717, 1.165) is 6.42 Å². The summed E-state index contributed by atoms with van der Waals surface area (Å²) in [5, 5.41) is 31.9. The first kappa shape index (κ1) is 48.0. The van der Waals surface area contributed by atoms with Gasteiger partial charge in [0.15, 0.2) is 0 Å². The number of halogens is 4. The zero-order valence-electron chi connectivity index (χ0n) is 27.0. The number of carbonyl (C=O) groups excluding carboxylic acids is 4. The van der Waals surface area contributed by atoms with Gasteiger partial charge in [-0.2, -0.15) is 0 Å². The Hall–Kier alpha value is -3.08. The molecule has 0 aliphatic carbocycles. The van der Waals surface area contributed by atoms with Crippen LogP contribution in [0.25, 0.3) is 11.1 Å². The number of hydrogen-bond donors (Lipinski definition) is 10. The van der Waals surface area contributed by atoms with E-state index in [2.05, 4.69) is 21.3 Å². The summed E-state index contributed by atoms with van der Waals surface area (Å²) in [7, 11) is 0. The van der Waals surface area contributed by atoms with Gasteiger partial charge in [0.2, 0.25) is 23.6 Å². The molecule has 4 atom stereocenters. The van der Waals surface area contributed by atoms with Crippen molar-refractivity contribution in [3.05, 3.63) is 47.5 Å². The number of hydrogen-bond acceptors (Lipinski definition) is 10. The number of aromatic hydroxyl groups is 2. The van der Waals surface area contributed by atoms with E-state index in [1.807, 2.05) is 0 Å². The molecule has 2 aromatic carbocycles. The quantitative estimate of drug-likeness (QED) is 0.141. The number of benzene rings is 2. The minimum atomic E-state index is -1.17. The van der Waals surface area contributed by atoms with Crippen molar-refractivity contribution in [3.63, 3.8) is 0 Å². The van der Waals surface area contributed by atoms with Crippen LogP contribution in [-0.2, 0) is 32.0 Å². The van der Waals surface area contributed by atoms with Crippen molar-refractivity contribution in [2.75, 3.05) is 26.2 Å². The van der Waals surface area contributed by atoms with E-state index in [9.17, 15) is 29.4 Å². The normalized spacial score (nSPS) is 17.8. The van der Waals surface area contributed by atoms with E-state index in [1.54, 1.807) is 24.3 Å². The summed E-state index contributed by atoms with van der Waals surface area (Å²) in [4.78, 5) is 52.2. The van der Waals surface area contributed by atoms with Crippen LogP contribution < -0.4 is 44.2 Å². The van der Waals surface area contributed by atoms with Crippen LogP contribution in [0.15, 0.2) is 36.4 Å². The van der Waals surface area contributed by atoms with E-state index < -0.39 is 35.8 Å². The highest BCUT2D eigenvalue weighted by atomic mass is 35.5. The molecule has 278 valence electrons. The van der Waals surface area contributed by atoms with Crippen LogP contribution in [0.1, 0.15) is 43.2 Å². The fourth-order valence-electron chi connectivity index (χ4n) is 5.00. The largest absolute Gasteiger partial charge is 0.508 e. The van der Waals surface area contributed by atoms with Crippen molar-refractivity contribution in [1.29, 1.82) is 0 Å². The van der Waals surface area contributed by atoms with Gasteiger partial charge in [0.25, 0.3) is 0 Å².